The van der Waals surface area contributed by atoms with Crippen molar-refractivity contribution >= 4 is 50.0 Å². The van der Waals surface area contributed by atoms with Crippen LogP contribution in [0.25, 0.3) is 38.0 Å². The number of ether oxygens (including phenoxy) is 2. The Labute approximate surface area is 226 Å². The van der Waals surface area contributed by atoms with E-state index in [0.717, 1.165) is 44.6 Å². The molecule has 6 rings (SSSR count). The minimum Gasteiger partial charge on any atom is -0.489 e. The van der Waals surface area contributed by atoms with Crippen molar-refractivity contribution in [3.8, 4) is 5.75 Å². The molecule has 0 amide bonds. The van der Waals surface area contributed by atoms with Crippen LogP contribution in [0, 0.1) is 6.92 Å². The molecule has 1 saturated heterocycles. The van der Waals surface area contributed by atoms with E-state index >= 15 is 0 Å². The summed E-state index contributed by atoms with van der Waals surface area (Å²) in [5, 5.41) is 5.67. The molecular formula is C34H29NO4. The maximum atomic E-state index is 12.7. The number of carbonyl (C=O) groups excluding carboxylic acids is 2. The van der Waals surface area contributed by atoms with Crippen LogP contribution >= 0.6 is 0 Å². The number of allylic oxidation sites excluding steroid dienone is 2. The van der Waals surface area contributed by atoms with Gasteiger partial charge in [-0.25, -0.2) is 9.59 Å². The fourth-order valence-corrected chi connectivity index (χ4v) is 5.84. The van der Waals surface area contributed by atoms with Crippen LogP contribution in [-0.2, 0) is 28.0 Å². The molecule has 0 N–H and O–H groups in total. The zero-order chi connectivity index (χ0) is 27.4. The second kappa shape index (κ2) is 9.28. The first-order valence-corrected chi connectivity index (χ1v) is 13.0. The molecule has 5 aromatic rings. The Kier molecular flexibility index (Phi) is 5.87. The third-order valence-corrected chi connectivity index (χ3v) is 7.82. The summed E-state index contributed by atoms with van der Waals surface area (Å²) in [5.74, 6) is -0.449. The van der Waals surface area contributed by atoms with Crippen LogP contribution in [-0.4, -0.2) is 16.5 Å². The largest absolute Gasteiger partial charge is 0.489 e. The normalized spacial score (nSPS) is 14.9. The highest BCUT2D eigenvalue weighted by Gasteiger charge is 2.37. The first-order chi connectivity index (χ1) is 18.8. The maximum Gasteiger partial charge on any atom is 0.347 e. The summed E-state index contributed by atoms with van der Waals surface area (Å²) in [5.41, 5.74) is 6.23. The third-order valence-electron chi connectivity index (χ3n) is 7.82. The standard InChI is InChI=1S/C34H29NO4/c1-19(2)30-32(34(37)39-33(30)36)20(3)31-21(4)35(5)29-15-14-24(17-27(29)31)38-18-28-25-12-8-6-10-22(25)16-23-11-7-9-13-26(23)28/h6-17H,18H2,1-5H3/b32-20+. The van der Waals surface area contributed by atoms with E-state index in [1.165, 1.54) is 21.5 Å². The van der Waals surface area contributed by atoms with Gasteiger partial charge in [-0.15, -0.1) is 0 Å². The number of cyclic esters (lactones) is 2. The van der Waals surface area contributed by atoms with Crippen LogP contribution in [0.4, 0.5) is 0 Å². The Hall–Kier alpha value is -4.64. The summed E-state index contributed by atoms with van der Waals surface area (Å²) >= 11 is 0. The SMILES string of the molecule is CC(C)=C1C(=O)OC(=O)/C1=C(\C)c1c(C)n(C)c2ccc(OCc3c4ccccc4cc4ccccc34)cc12. The van der Waals surface area contributed by atoms with Crippen LogP contribution in [0.2, 0.25) is 0 Å². The number of carbonyl (C=O) groups is 2. The van der Waals surface area contributed by atoms with Crippen molar-refractivity contribution in [2.24, 2.45) is 7.05 Å². The Morgan fingerprint density at radius 3 is 2.05 bits per heavy atom. The van der Waals surface area contributed by atoms with E-state index in [1.54, 1.807) is 0 Å². The Balaban J connectivity index is 1.46. The lowest BCUT2D eigenvalue weighted by molar-refractivity contribution is -0.149. The average molecular weight is 516 g/mol. The van der Waals surface area contributed by atoms with E-state index in [1.807, 2.05) is 52.9 Å². The summed E-state index contributed by atoms with van der Waals surface area (Å²) in [4.78, 5) is 25.2. The predicted octanol–water partition coefficient (Wildman–Crippen LogP) is 7.57. The highest BCUT2D eigenvalue weighted by atomic mass is 16.6. The highest BCUT2D eigenvalue weighted by molar-refractivity contribution is 6.22. The fraction of sp³-hybridized carbons (Fsp3) is 0.176. The van der Waals surface area contributed by atoms with Crippen LogP contribution in [0.5, 0.6) is 5.75 Å². The number of benzene rings is 4. The summed E-state index contributed by atoms with van der Waals surface area (Å²) in [6, 6.07) is 25.0. The first-order valence-electron chi connectivity index (χ1n) is 13.0. The quantitative estimate of drug-likeness (QED) is 0.107. The monoisotopic (exact) mass is 515 g/mol. The fourth-order valence-electron chi connectivity index (χ4n) is 5.84. The summed E-state index contributed by atoms with van der Waals surface area (Å²) < 4.78 is 13.5. The van der Waals surface area contributed by atoms with Crippen molar-refractivity contribution in [2.75, 3.05) is 0 Å². The Morgan fingerprint density at radius 2 is 1.41 bits per heavy atom. The number of esters is 2. The number of nitrogens with zero attached hydrogens (tertiary/aromatic N) is 1. The van der Waals surface area contributed by atoms with Crippen LogP contribution in [0.15, 0.2) is 89.5 Å². The molecule has 5 heteroatoms. The molecule has 0 radical (unpaired) electrons. The second-order valence-corrected chi connectivity index (χ2v) is 10.3. The molecule has 4 aromatic carbocycles. The predicted molar refractivity (Wildman–Crippen MR) is 156 cm³/mol. The molecule has 1 aromatic heterocycles. The molecule has 5 nitrogen and oxygen atoms in total. The number of fused-ring (bicyclic) bond motifs is 3. The van der Waals surface area contributed by atoms with Crippen LogP contribution in [0.1, 0.15) is 37.6 Å². The molecule has 2 heterocycles. The molecule has 0 bridgehead atoms. The lowest BCUT2D eigenvalue weighted by Gasteiger charge is -2.13. The van der Waals surface area contributed by atoms with Gasteiger partial charge in [0, 0.05) is 34.8 Å². The van der Waals surface area contributed by atoms with Gasteiger partial charge in [-0.3, -0.25) is 0 Å². The van der Waals surface area contributed by atoms with Gasteiger partial charge in [-0.1, -0.05) is 54.1 Å². The van der Waals surface area contributed by atoms with Gasteiger partial charge in [0.05, 0.1) is 11.1 Å². The zero-order valence-corrected chi connectivity index (χ0v) is 22.7. The maximum absolute atomic E-state index is 12.7. The van der Waals surface area contributed by atoms with Crippen molar-refractivity contribution in [1.29, 1.82) is 0 Å². The van der Waals surface area contributed by atoms with Gasteiger partial charge in [-0.2, -0.15) is 0 Å². The Morgan fingerprint density at radius 1 is 0.795 bits per heavy atom. The first kappa shape index (κ1) is 24.7. The molecular weight excluding hydrogens is 486 g/mol. The smallest absolute Gasteiger partial charge is 0.347 e. The van der Waals surface area contributed by atoms with Crippen LogP contribution in [0.3, 0.4) is 0 Å². The molecule has 1 aliphatic heterocycles. The summed E-state index contributed by atoms with van der Waals surface area (Å²) in [6.07, 6.45) is 0. The van der Waals surface area contributed by atoms with Gasteiger partial charge in [0.15, 0.2) is 0 Å². The van der Waals surface area contributed by atoms with E-state index in [2.05, 4.69) is 59.2 Å². The van der Waals surface area contributed by atoms with Crippen molar-refractivity contribution in [1.82, 2.24) is 4.57 Å². The van der Waals surface area contributed by atoms with Crippen molar-refractivity contribution in [2.45, 2.75) is 34.3 Å². The lowest BCUT2D eigenvalue weighted by atomic mass is 9.93. The molecule has 1 fully saturated rings. The molecule has 0 unspecified atom stereocenters. The molecule has 0 spiro atoms. The number of hydrogen-bond donors (Lipinski definition) is 0. The highest BCUT2D eigenvalue weighted by Crippen LogP contribution is 2.39. The van der Waals surface area contributed by atoms with Gasteiger partial charge in [0.25, 0.3) is 0 Å². The van der Waals surface area contributed by atoms with Crippen LogP contribution < -0.4 is 4.74 Å². The van der Waals surface area contributed by atoms with Crippen molar-refractivity contribution < 1.29 is 19.1 Å². The molecule has 0 saturated carbocycles. The van der Waals surface area contributed by atoms with Gasteiger partial charge in [-0.05, 0) is 79.1 Å². The minimum atomic E-state index is -0.597. The van der Waals surface area contributed by atoms with E-state index in [9.17, 15) is 9.59 Å². The van der Waals surface area contributed by atoms with Gasteiger partial charge in [0.2, 0.25) is 0 Å². The van der Waals surface area contributed by atoms with Gasteiger partial charge < -0.3 is 14.0 Å². The minimum absolute atomic E-state index is 0.337. The molecule has 0 atom stereocenters. The molecule has 0 aliphatic carbocycles. The van der Waals surface area contributed by atoms with E-state index < -0.39 is 11.9 Å². The molecule has 1 aliphatic rings. The average Bonchev–Trinajstić information content (AvgIpc) is 3.37. The Bertz CT molecular complexity index is 1860. The van der Waals surface area contributed by atoms with E-state index in [-0.39, 0.29) is 0 Å². The van der Waals surface area contributed by atoms with Crippen molar-refractivity contribution in [3.05, 3.63) is 106 Å². The lowest BCUT2D eigenvalue weighted by Crippen LogP contribution is -2.01. The second-order valence-electron chi connectivity index (χ2n) is 10.3. The summed E-state index contributed by atoms with van der Waals surface area (Å²) in [6.45, 7) is 7.96. The van der Waals surface area contributed by atoms with Gasteiger partial charge >= 0.3 is 11.9 Å². The number of rotatable bonds is 4. The third kappa shape index (κ3) is 3.93. The van der Waals surface area contributed by atoms with Crippen molar-refractivity contribution in [3.63, 3.8) is 0 Å². The summed E-state index contributed by atoms with van der Waals surface area (Å²) in [7, 11) is 2.00. The van der Waals surface area contributed by atoms with Gasteiger partial charge in [0.1, 0.15) is 12.4 Å². The molecule has 194 valence electrons. The number of aromatic nitrogens is 1. The number of aryl methyl sites for hydroxylation is 1. The zero-order valence-electron chi connectivity index (χ0n) is 22.7. The topological polar surface area (TPSA) is 57.5 Å². The number of hydrogen-bond acceptors (Lipinski definition) is 4. The van der Waals surface area contributed by atoms with E-state index in [0.29, 0.717) is 17.8 Å². The van der Waals surface area contributed by atoms with E-state index in [4.69, 9.17) is 9.47 Å². The molecule has 39 heavy (non-hydrogen) atoms.